The SMILES string of the molecule is CC1CCN(C(=O)CC(=O)Oc2c(F)c(F)c(F)c(F)c2F)CC1. The second kappa shape index (κ2) is 7.14. The Kier molecular flexibility index (Phi) is 5.40. The van der Waals surface area contributed by atoms with E-state index in [1.54, 1.807) is 0 Å². The van der Waals surface area contributed by atoms with Gasteiger partial charge in [-0.15, -0.1) is 0 Å². The van der Waals surface area contributed by atoms with E-state index >= 15 is 0 Å². The lowest BCUT2D eigenvalue weighted by atomic mass is 9.99. The quantitative estimate of drug-likeness (QED) is 0.210. The first kappa shape index (κ1) is 18.2. The first-order valence-corrected chi connectivity index (χ1v) is 7.22. The molecule has 0 spiro atoms. The minimum atomic E-state index is -2.36. The molecule has 1 aliphatic heterocycles. The van der Waals surface area contributed by atoms with Crippen molar-refractivity contribution in [3.8, 4) is 5.75 Å². The molecule has 0 saturated carbocycles. The Labute approximate surface area is 134 Å². The van der Waals surface area contributed by atoms with E-state index < -0.39 is 53.1 Å². The number of benzene rings is 1. The van der Waals surface area contributed by atoms with Crippen LogP contribution in [0.25, 0.3) is 0 Å². The van der Waals surface area contributed by atoms with E-state index in [4.69, 9.17) is 0 Å². The van der Waals surface area contributed by atoms with Crippen LogP contribution in [0.4, 0.5) is 22.0 Å². The van der Waals surface area contributed by atoms with E-state index in [9.17, 15) is 31.5 Å². The molecule has 2 rings (SSSR count). The molecule has 132 valence electrons. The smallest absolute Gasteiger partial charge is 0.320 e. The van der Waals surface area contributed by atoms with Crippen LogP contribution < -0.4 is 4.74 Å². The third-order valence-electron chi connectivity index (χ3n) is 3.82. The van der Waals surface area contributed by atoms with Crippen molar-refractivity contribution in [2.24, 2.45) is 5.92 Å². The van der Waals surface area contributed by atoms with Gasteiger partial charge in [-0.2, -0.15) is 8.78 Å². The lowest BCUT2D eigenvalue weighted by Gasteiger charge is -2.30. The minimum Gasteiger partial charge on any atom is -0.420 e. The first-order chi connectivity index (χ1) is 11.2. The van der Waals surface area contributed by atoms with Gasteiger partial charge in [-0.3, -0.25) is 9.59 Å². The van der Waals surface area contributed by atoms with Gasteiger partial charge in [-0.1, -0.05) is 6.92 Å². The summed E-state index contributed by atoms with van der Waals surface area (Å²) in [5.74, 6) is -14.6. The largest absolute Gasteiger partial charge is 0.420 e. The van der Waals surface area contributed by atoms with E-state index in [0.29, 0.717) is 19.0 Å². The number of ether oxygens (including phenoxy) is 1. The molecule has 0 N–H and O–H groups in total. The minimum absolute atomic E-state index is 0.426. The predicted molar refractivity (Wildman–Crippen MR) is 71.5 cm³/mol. The summed E-state index contributed by atoms with van der Waals surface area (Å²) >= 11 is 0. The number of likely N-dealkylation sites (tertiary alicyclic amines) is 1. The molecule has 0 aromatic heterocycles. The molecule has 0 bridgehead atoms. The van der Waals surface area contributed by atoms with Gasteiger partial charge in [-0.05, 0) is 18.8 Å². The van der Waals surface area contributed by atoms with Gasteiger partial charge in [0.1, 0.15) is 6.42 Å². The van der Waals surface area contributed by atoms with Crippen molar-refractivity contribution in [2.45, 2.75) is 26.2 Å². The monoisotopic (exact) mass is 351 g/mol. The van der Waals surface area contributed by atoms with Crippen LogP contribution in [-0.2, 0) is 9.59 Å². The Morgan fingerprint density at radius 2 is 1.42 bits per heavy atom. The summed E-state index contributed by atoms with van der Waals surface area (Å²) in [7, 11) is 0. The predicted octanol–water partition coefficient (Wildman–Crippen LogP) is 2.94. The zero-order chi connectivity index (χ0) is 18.0. The number of halogens is 5. The van der Waals surface area contributed by atoms with Crippen molar-refractivity contribution in [1.82, 2.24) is 4.90 Å². The molecule has 9 heteroatoms. The molecular formula is C15H14F5NO3. The Bertz CT molecular complexity index is 643. The number of rotatable bonds is 3. The van der Waals surface area contributed by atoms with Gasteiger partial charge < -0.3 is 9.64 Å². The van der Waals surface area contributed by atoms with Crippen LogP contribution in [0.15, 0.2) is 0 Å². The second-order valence-electron chi connectivity index (χ2n) is 5.61. The zero-order valence-corrected chi connectivity index (χ0v) is 12.7. The molecule has 1 aliphatic rings. The van der Waals surface area contributed by atoms with Crippen LogP contribution in [0, 0.1) is 35.0 Å². The molecule has 1 aromatic rings. The zero-order valence-electron chi connectivity index (χ0n) is 12.7. The van der Waals surface area contributed by atoms with Crippen molar-refractivity contribution >= 4 is 11.9 Å². The van der Waals surface area contributed by atoms with Crippen molar-refractivity contribution in [3.05, 3.63) is 29.1 Å². The molecule has 1 saturated heterocycles. The number of esters is 1. The van der Waals surface area contributed by atoms with Gasteiger partial charge in [0.2, 0.25) is 40.7 Å². The molecule has 0 radical (unpaired) electrons. The summed E-state index contributed by atoms with van der Waals surface area (Å²) in [6.07, 6.45) is 0.644. The topological polar surface area (TPSA) is 46.6 Å². The molecule has 1 aromatic carbocycles. The van der Waals surface area contributed by atoms with Crippen LogP contribution in [0.2, 0.25) is 0 Å². The fraction of sp³-hybridized carbons (Fsp3) is 0.467. The molecular weight excluding hydrogens is 337 g/mol. The molecule has 1 fully saturated rings. The van der Waals surface area contributed by atoms with E-state index in [-0.39, 0.29) is 0 Å². The number of carbonyl (C=O) groups excluding carboxylic acids is 2. The van der Waals surface area contributed by atoms with Crippen LogP contribution in [0.5, 0.6) is 5.75 Å². The van der Waals surface area contributed by atoms with Crippen LogP contribution in [0.1, 0.15) is 26.2 Å². The third kappa shape index (κ3) is 3.65. The maximum absolute atomic E-state index is 13.4. The van der Waals surface area contributed by atoms with E-state index in [1.807, 2.05) is 6.92 Å². The number of hydrogen-bond donors (Lipinski definition) is 0. The Balaban J connectivity index is 2.06. The first-order valence-electron chi connectivity index (χ1n) is 7.22. The molecule has 1 amide bonds. The van der Waals surface area contributed by atoms with E-state index in [2.05, 4.69) is 4.74 Å². The van der Waals surface area contributed by atoms with Crippen molar-refractivity contribution < 1.29 is 36.3 Å². The highest BCUT2D eigenvalue weighted by atomic mass is 19.2. The van der Waals surface area contributed by atoms with Gasteiger partial charge in [0.05, 0.1) is 0 Å². The number of amides is 1. The summed E-state index contributed by atoms with van der Waals surface area (Å²) in [5, 5.41) is 0. The average molecular weight is 351 g/mol. The lowest BCUT2D eigenvalue weighted by molar-refractivity contribution is -0.143. The number of nitrogens with zero attached hydrogens (tertiary/aromatic N) is 1. The Morgan fingerprint density at radius 1 is 0.958 bits per heavy atom. The highest BCUT2D eigenvalue weighted by Gasteiger charge is 2.30. The van der Waals surface area contributed by atoms with Crippen molar-refractivity contribution in [1.29, 1.82) is 0 Å². The van der Waals surface area contributed by atoms with Crippen molar-refractivity contribution in [3.63, 3.8) is 0 Å². The third-order valence-corrected chi connectivity index (χ3v) is 3.82. The molecule has 0 aliphatic carbocycles. The number of carbonyl (C=O) groups is 2. The normalized spacial score (nSPS) is 15.5. The van der Waals surface area contributed by atoms with Gasteiger partial charge in [0, 0.05) is 13.1 Å². The van der Waals surface area contributed by atoms with Crippen LogP contribution >= 0.6 is 0 Å². The van der Waals surface area contributed by atoms with Crippen LogP contribution in [-0.4, -0.2) is 29.9 Å². The standard InChI is InChI=1S/C15H14F5NO3/c1-7-2-4-21(5-3-7)8(22)6-9(23)24-15-13(19)11(17)10(16)12(18)14(15)20/h7H,2-6H2,1H3. The molecule has 0 atom stereocenters. The van der Waals surface area contributed by atoms with Gasteiger partial charge >= 0.3 is 5.97 Å². The molecule has 24 heavy (non-hydrogen) atoms. The summed E-state index contributed by atoms with van der Waals surface area (Å²) in [5.41, 5.74) is 0. The lowest BCUT2D eigenvalue weighted by Crippen LogP contribution is -2.39. The Hall–Kier alpha value is -2.19. The second-order valence-corrected chi connectivity index (χ2v) is 5.61. The van der Waals surface area contributed by atoms with E-state index in [0.717, 1.165) is 12.8 Å². The van der Waals surface area contributed by atoms with Crippen molar-refractivity contribution in [2.75, 3.05) is 13.1 Å². The average Bonchev–Trinajstić information content (AvgIpc) is 2.55. The van der Waals surface area contributed by atoms with Gasteiger partial charge in [-0.25, -0.2) is 13.2 Å². The number of piperidine rings is 1. The maximum atomic E-state index is 13.4. The highest BCUT2D eigenvalue weighted by Crippen LogP contribution is 2.29. The number of hydrogen-bond acceptors (Lipinski definition) is 3. The summed E-state index contributed by atoms with van der Waals surface area (Å²) in [6, 6.07) is 0. The fourth-order valence-corrected chi connectivity index (χ4v) is 2.32. The van der Waals surface area contributed by atoms with Crippen LogP contribution in [0.3, 0.4) is 0 Å². The molecule has 1 heterocycles. The van der Waals surface area contributed by atoms with E-state index in [1.165, 1.54) is 4.90 Å². The Morgan fingerprint density at radius 3 is 1.92 bits per heavy atom. The van der Waals surface area contributed by atoms with Gasteiger partial charge in [0.15, 0.2) is 0 Å². The maximum Gasteiger partial charge on any atom is 0.320 e. The summed E-state index contributed by atoms with van der Waals surface area (Å²) in [6.45, 7) is 2.87. The van der Waals surface area contributed by atoms with Gasteiger partial charge in [0.25, 0.3) is 0 Å². The fourth-order valence-electron chi connectivity index (χ4n) is 2.32. The highest BCUT2D eigenvalue weighted by molar-refractivity contribution is 5.95. The summed E-state index contributed by atoms with van der Waals surface area (Å²) < 4.78 is 69.9. The molecule has 0 unspecified atom stereocenters. The summed E-state index contributed by atoms with van der Waals surface area (Å²) in [4.78, 5) is 24.9. The molecule has 4 nitrogen and oxygen atoms in total.